The molecular weight excluding hydrogens is 166 g/mol. The average molecular weight is 177 g/mol. The number of carbonyl (C=O) groups excluding carboxylic acids is 1. The van der Waals surface area contributed by atoms with E-state index in [9.17, 15) is 4.79 Å². The number of rotatable bonds is 2. The van der Waals surface area contributed by atoms with E-state index in [2.05, 4.69) is 0 Å². The summed E-state index contributed by atoms with van der Waals surface area (Å²) in [5.74, 6) is 0.591. The second-order valence-corrected chi connectivity index (χ2v) is 3.26. The topological polar surface area (TPSA) is 52.3 Å². The summed E-state index contributed by atoms with van der Waals surface area (Å²) < 4.78 is 5.10. The van der Waals surface area contributed by atoms with E-state index in [1.165, 1.54) is 0 Å². The summed E-state index contributed by atoms with van der Waals surface area (Å²) in [5.41, 5.74) is 6.16. The third-order valence-electron chi connectivity index (χ3n) is 2.01. The summed E-state index contributed by atoms with van der Waals surface area (Å²) in [4.78, 5) is 11.2. The molecule has 1 saturated carbocycles. The Balaban J connectivity index is 2.00. The minimum absolute atomic E-state index is 0.121. The molecule has 2 rings (SSSR count). The van der Waals surface area contributed by atoms with E-state index >= 15 is 0 Å². The zero-order valence-electron chi connectivity index (χ0n) is 7.19. The first kappa shape index (κ1) is 8.10. The van der Waals surface area contributed by atoms with E-state index in [1.54, 1.807) is 24.3 Å². The normalized spacial score (nSPS) is 15.4. The fraction of sp³-hybridized carbons (Fsp3) is 0.300. The molecule has 3 nitrogen and oxygen atoms in total. The van der Waals surface area contributed by atoms with Gasteiger partial charge in [0, 0.05) is 5.69 Å². The smallest absolute Gasteiger partial charge is 0.314 e. The molecule has 0 saturated heterocycles. The summed E-state index contributed by atoms with van der Waals surface area (Å²) in [6.07, 6.45) is 1.93. The van der Waals surface area contributed by atoms with Crippen molar-refractivity contribution in [2.24, 2.45) is 5.92 Å². The van der Waals surface area contributed by atoms with Crippen LogP contribution in [0.25, 0.3) is 0 Å². The fourth-order valence-electron chi connectivity index (χ4n) is 1.05. The number of anilines is 1. The van der Waals surface area contributed by atoms with E-state index < -0.39 is 0 Å². The van der Waals surface area contributed by atoms with Gasteiger partial charge in [0.25, 0.3) is 0 Å². The van der Waals surface area contributed by atoms with Crippen molar-refractivity contribution in [2.75, 3.05) is 5.73 Å². The van der Waals surface area contributed by atoms with Gasteiger partial charge in [-0.1, -0.05) is 0 Å². The van der Waals surface area contributed by atoms with Crippen LogP contribution < -0.4 is 10.5 Å². The Morgan fingerprint density at radius 3 is 2.46 bits per heavy atom. The highest BCUT2D eigenvalue weighted by atomic mass is 16.5. The molecule has 0 heterocycles. The van der Waals surface area contributed by atoms with Gasteiger partial charge >= 0.3 is 5.97 Å². The summed E-state index contributed by atoms with van der Waals surface area (Å²) in [6, 6.07) is 6.84. The van der Waals surface area contributed by atoms with Gasteiger partial charge in [0.1, 0.15) is 5.75 Å². The highest BCUT2D eigenvalue weighted by molar-refractivity contribution is 5.77. The second-order valence-electron chi connectivity index (χ2n) is 3.26. The van der Waals surface area contributed by atoms with E-state index in [4.69, 9.17) is 10.5 Å². The molecule has 0 bridgehead atoms. The van der Waals surface area contributed by atoms with Gasteiger partial charge in [-0.2, -0.15) is 0 Å². The molecular formula is C10H11NO2. The molecule has 68 valence electrons. The van der Waals surface area contributed by atoms with Gasteiger partial charge in [-0.15, -0.1) is 0 Å². The second kappa shape index (κ2) is 3.09. The maximum atomic E-state index is 11.2. The molecule has 1 aromatic rings. The Hall–Kier alpha value is -1.51. The first-order chi connectivity index (χ1) is 6.25. The number of nitrogens with two attached hydrogens (primary N) is 1. The molecule has 13 heavy (non-hydrogen) atoms. The van der Waals surface area contributed by atoms with Crippen LogP contribution in [-0.2, 0) is 4.79 Å². The Kier molecular flexibility index (Phi) is 1.93. The molecule has 0 amide bonds. The van der Waals surface area contributed by atoms with Crippen LogP contribution >= 0.6 is 0 Å². The van der Waals surface area contributed by atoms with Crippen LogP contribution in [0.15, 0.2) is 24.3 Å². The largest absolute Gasteiger partial charge is 0.426 e. The monoisotopic (exact) mass is 177 g/mol. The summed E-state index contributed by atoms with van der Waals surface area (Å²) in [5, 5.41) is 0. The SMILES string of the molecule is Nc1ccc(OC(=O)C2CC2)cc1. The molecule has 3 heteroatoms. The number of ether oxygens (including phenoxy) is 1. The average Bonchev–Trinajstić information content (AvgIpc) is 2.91. The fourth-order valence-corrected chi connectivity index (χ4v) is 1.05. The molecule has 0 aromatic heterocycles. The number of hydrogen-bond donors (Lipinski definition) is 1. The lowest BCUT2D eigenvalue weighted by Gasteiger charge is -2.02. The van der Waals surface area contributed by atoms with Gasteiger partial charge in [-0.25, -0.2) is 0 Å². The van der Waals surface area contributed by atoms with Gasteiger partial charge in [0.2, 0.25) is 0 Å². The van der Waals surface area contributed by atoms with Crippen molar-refractivity contribution in [1.29, 1.82) is 0 Å². The molecule has 1 aromatic carbocycles. The van der Waals surface area contributed by atoms with Crippen LogP contribution in [0.5, 0.6) is 5.75 Å². The van der Waals surface area contributed by atoms with Crippen molar-refractivity contribution in [3.05, 3.63) is 24.3 Å². The van der Waals surface area contributed by atoms with Gasteiger partial charge in [-0.05, 0) is 37.1 Å². The predicted octanol–water partition coefficient (Wildman–Crippen LogP) is 1.58. The summed E-state index contributed by atoms with van der Waals surface area (Å²) >= 11 is 0. The number of benzene rings is 1. The first-order valence-corrected chi connectivity index (χ1v) is 4.33. The molecule has 0 atom stereocenters. The Bertz CT molecular complexity index is 314. The van der Waals surface area contributed by atoms with Crippen molar-refractivity contribution in [3.8, 4) is 5.75 Å². The van der Waals surface area contributed by atoms with Crippen LogP contribution in [0.4, 0.5) is 5.69 Å². The minimum Gasteiger partial charge on any atom is -0.426 e. The van der Waals surface area contributed by atoms with Crippen LogP contribution in [0.3, 0.4) is 0 Å². The lowest BCUT2D eigenvalue weighted by Crippen LogP contribution is -2.09. The third kappa shape index (κ3) is 1.99. The third-order valence-corrected chi connectivity index (χ3v) is 2.01. The molecule has 2 N–H and O–H groups in total. The van der Waals surface area contributed by atoms with Gasteiger partial charge in [0.05, 0.1) is 5.92 Å². The van der Waals surface area contributed by atoms with E-state index in [0.717, 1.165) is 12.8 Å². The molecule has 0 unspecified atom stereocenters. The molecule has 1 aliphatic rings. The zero-order valence-corrected chi connectivity index (χ0v) is 7.19. The Morgan fingerprint density at radius 1 is 1.31 bits per heavy atom. The van der Waals surface area contributed by atoms with Crippen LogP contribution in [0.2, 0.25) is 0 Å². The maximum absolute atomic E-state index is 11.2. The Morgan fingerprint density at radius 2 is 1.92 bits per heavy atom. The quantitative estimate of drug-likeness (QED) is 0.424. The van der Waals surface area contributed by atoms with Crippen molar-refractivity contribution < 1.29 is 9.53 Å². The number of nitrogen functional groups attached to an aromatic ring is 1. The number of carbonyl (C=O) groups is 1. The molecule has 0 aliphatic heterocycles. The molecule has 0 spiro atoms. The first-order valence-electron chi connectivity index (χ1n) is 4.33. The van der Waals surface area contributed by atoms with Crippen molar-refractivity contribution in [3.63, 3.8) is 0 Å². The maximum Gasteiger partial charge on any atom is 0.314 e. The highest BCUT2D eigenvalue weighted by Gasteiger charge is 2.31. The van der Waals surface area contributed by atoms with Gasteiger partial charge in [0.15, 0.2) is 0 Å². The number of esters is 1. The van der Waals surface area contributed by atoms with E-state index in [-0.39, 0.29) is 11.9 Å². The highest BCUT2D eigenvalue weighted by Crippen LogP contribution is 2.30. The Labute approximate surface area is 76.5 Å². The summed E-state index contributed by atoms with van der Waals surface area (Å²) in [6.45, 7) is 0. The minimum atomic E-state index is -0.121. The van der Waals surface area contributed by atoms with Gasteiger partial charge < -0.3 is 10.5 Å². The molecule has 0 radical (unpaired) electrons. The van der Waals surface area contributed by atoms with Crippen molar-refractivity contribution in [2.45, 2.75) is 12.8 Å². The van der Waals surface area contributed by atoms with Crippen LogP contribution in [-0.4, -0.2) is 5.97 Å². The predicted molar refractivity (Wildman–Crippen MR) is 49.2 cm³/mol. The van der Waals surface area contributed by atoms with Crippen LogP contribution in [0, 0.1) is 5.92 Å². The molecule has 1 aliphatic carbocycles. The van der Waals surface area contributed by atoms with E-state index in [0.29, 0.717) is 11.4 Å². The lowest BCUT2D eigenvalue weighted by atomic mass is 10.3. The van der Waals surface area contributed by atoms with Crippen molar-refractivity contribution >= 4 is 11.7 Å². The van der Waals surface area contributed by atoms with Crippen LogP contribution in [0.1, 0.15) is 12.8 Å². The lowest BCUT2D eigenvalue weighted by molar-refractivity contribution is -0.135. The van der Waals surface area contributed by atoms with Gasteiger partial charge in [-0.3, -0.25) is 4.79 Å². The van der Waals surface area contributed by atoms with Crippen molar-refractivity contribution in [1.82, 2.24) is 0 Å². The standard InChI is InChI=1S/C10H11NO2/c11-8-3-5-9(6-4-8)13-10(12)7-1-2-7/h3-7H,1-2,11H2. The summed E-state index contributed by atoms with van der Waals surface area (Å²) in [7, 11) is 0. The van der Waals surface area contributed by atoms with E-state index in [1.807, 2.05) is 0 Å². The molecule has 1 fully saturated rings. The zero-order chi connectivity index (χ0) is 9.26. The number of hydrogen-bond acceptors (Lipinski definition) is 3.